The number of aromatic nitrogens is 3. The lowest BCUT2D eigenvalue weighted by molar-refractivity contribution is -0.147. The molecule has 1 fully saturated rings. The standard InChI is InChI=1S/C19H20F3N5O2/c20-19(21,22)18-24-23-16-5-6-17(25-27(16)18)26-9-7-14(8-10-26)13-1-3-15(4-2-13)29-12-11-28/h1-4,11,14H,5-10,12H2. The highest BCUT2D eigenvalue weighted by molar-refractivity contribution is 5.83. The van der Waals surface area contributed by atoms with E-state index >= 15 is 0 Å². The third kappa shape index (κ3) is 4.10. The zero-order valence-electron chi connectivity index (χ0n) is 15.6. The van der Waals surface area contributed by atoms with Crippen molar-refractivity contribution in [3.8, 4) is 5.75 Å². The summed E-state index contributed by atoms with van der Waals surface area (Å²) in [4.78, 5) is 12.4. The average molecular weight is 407 g/mol. The number of rotatable bonds is 4. The van der Waals surface area contributed by atoms with Crippen molar-refractivity contribution < 1.29 is 22.7 Å². The molecule has 0 radical (unpaired) electrons. The minimum absolute atomic E-state index is 0.0318. The summed E-state index contributed by atoms with van der Waals surface area (Å²) in [7, 11) is 0. The zero-order chi connectivity index (χ0) is 20.4. The Morgan fingerprint density at radius 3 is 2.48 bits per heavy atom. The van der Waals surface area contributed by atoms with E-state index in [9.17, 15) is 18.0 Å². The highest BCUT2D eigenvalue weighted by Gasteiger charge is 2.40. The number of aryl methyl sites for hydroxylation is 1. The number of hydrogen-bond acceptors (Lipinski definition) is 6. The number of benzene rings is 1. The predicted octanol–water partition coefficient (Wildman–Crippen LogP) is 2.86. The van der Waals surface area contributed by atoms with Gasteiger partial charge in [0, 0.05) is 25.9 Å². The second-order valence-electron chi connectivity index (χ2n) is 7.07. The number of ether oxygens (including phenoxy) is 1. The molecule has 2 aliphatic heterocycles. The van der Waals surface area contributed by atoms with Crippen LogP contribution in [-0.2, 0) is 17.4 Å². The van der Waals surface area contributed by atoms with Crippen LogP contribution in [0.1, 0.15) is 42.4 Å². The lowest BCUT2D eigenvalue weighted by Crippen LogP contribution is -2.40. The van der Waals surface area contributed by atoms with Crippen LogP contribution in [0.15, 0.2) is 29.4 Å². The Morgan fingerprint density at radius 1 is 1.10 bits per heavy atom. The molecular weight excluding hydrogens is 387 g/mol. The van der Waals surface area contributed by atoms with E-state index in [-0.39, 0.29) is 12.4 Å². The maximum Gasteiger partial charge on any atom is 0.453 e. The Labute approximate surface area is 165 Å². The van der Waals surface area contributed by atoms with Gasteiger partial charge in [-0.3, -0.25) is 4.79 Å². The number of amidine groups is 1. The number of fused-ring (bicyclic) bond motifs is 1. The van der Waals surface area contributed by atoms with Crippen molar-refractivity contribution in [1.29, 1.82) is 0 Å². The van der Waals surface area contributed by atoms with Crippen LogP contribution in [-0.4, -0.2) is 51.6 Å². The molecule has 3 heterocycles. The number of carbonyl (C=O) groups excluding carboxylic acids is 1. The van der Waals surface area contributed by atoms with Crippen LogP contribution in [0.25, 0.3) is 0 Å². The number of alkyl halides is 3. The van der Waals surface area contributed by atoms with Crippen molar-refractivity contribution >= 4 is 12.1 Å². The fraction of sp³-hybridized carbons (Fsp3) is 0.474. The molecule has 0 unspecified atom stereocenters. The van der Waals surface area contributed by atoms with Crippen molar-refractivity contribution in [2.45, 2.75) is 37.8 Å². The second-order valence-corrected chi connectivity index (χ2v) is 7.07. The van der Waals surface area contributed by atoms with E-state index in [4.69, 9.17) is 4.74 Å². The smallest absolute Gasteiger partial charge is 0.453 e. The molecule has 0 spiro atoms. The van der Waals surface area contributed by atoms with Crippen LogP contribution < -0.4 is 4.74 Å². The van der Waals surface area contributed by atoms with Crippen molar-refractivity contribution in [1.82, 2.24) is 19.8 Å². The first-order chi connectivity index (χ1) is 14.0. The van der Waals surface area contributed by atoms with E-state index in [0.717, 1.165) is 30.6 Å². The van der Waals surface area contributed by atoms with Gasteiger partial charge in [0.1, 0.15) is 18.2 Å². The number of piperidine rings is 1. The molecule has 1 aromatic carbocycles. The molecule has 29 heavy (non-hydrogen) atoms. The van der Waals surface area contributed by atoms with Gasteiger partial charge in [-0.15, -0.1) is 10.2 Å². The van der Waals surface area contributed by atoms with Crippen molar-refractivity contribution in [2.75, 3.05) is 19.7 Å². The molecule has 0 atom stereocenters. The predicted molar refractivity (Wildman–Crippen MR) is 97.7 cm³/mol. The van der Waals surface area contributed by atoms with E-state index in [1.54, 1.807) is 0 Å². The Kier molecular flexibility index (Phi) is 5.25. The van der Waals surface area contributed by atoms with Crippen molar-refractivity contribution in [2.24, 2.45) is 5.10 Å². The van der Waals surface area contributed by atoms with Crippen LogP contribution in [0.3, 0.4) is 0 Å². The summed E-state index contributed by atoms with van der Waals surface area (Å²) in [5, 5.41) is 11.1. The monoisotopic (exact) mass is 407 g/mol. The Balaban J connectivity index is 1.41. The summed E-state index contributed by atoms with van der Waals surface area (Å²) in [5.41, 5.74) is 1.19. The molecule has 1 aromatic heterocycles. The quantitative estimate of drug-likeness (QED) is 0.729. The molecule has 10 heteroatoms. The third-order valence-electron chi connectivity index (χ3n) is 5.28. The second kappa shape index (κ2) is 7.84. The minimum Gasteiger partial charge on any atom is -0.486 e. The summed E-state index contributed by atoms with van der Waals surface area (Å²) in [5.74, 6) is 0.843. The van der Waals surface area contributed by atoms with E-state index in [2.05, 4.69) is 20.2 Å². The van der Waals surface area contributed by atoms with Gasteiger partial charge in [-0.2, -0.15) is 22.9 Å². The molecule has 1 saturated heterocycles. The van der Waals surface area contributed by atoms with E-state index in [0.29, 0.717) is 36.6 Å². The summed E-state index contributed by atoms with van der Waals surface area (Å²) in [6.45, 7) is 1.49. The molecule has 0 saturated carbocycles. The fourth-order valence-corrected chi connectivity index (χ4v) is 3.80. The molecular formula is C19H20F3N5O2. The molecule has 0 N–H and O–H groups in total. The average Bonchev–Trinajstić information content (AvgIpc) is 3.16. The fourth-order valence-electron chi connectivity index (χ4n) is 3.80. The van der Waals surface area contributed by atoms with E-state index in [1.807, 2.05) is 24.3 Å². The lowest BCUT2D eigenvalue weighted by atomic mass is 9.89. The maximum atomic E-state index is 13.1. The normalized spacial score (nSPS) is 17.6. The number of aldehydes is 1. The van der Waals surface area contributed by atoms with Gasteiger partial charge in [-0.1, -0.05) is 12.1 Å². The van der Waals surface area contributed by atoms with Crippen molar-refractivity contribution in [3.63, 3.8) is 0 Å². The highest BCUT2D eigenvalue weighted by Crippen LogP contribution is 2.32. The topological polar surface area (TPSA) is 72.6 Å². The largest absolute Gasteiger partial charge is 0.486 e. The van der Waals surface area contributed by atoms with Gasteiger partial charge >= 0.3 is 6.18 Å². The summed E-state index contributed by atoms with van der Waals surface area (Å²) >= 11 is 0. The number of carbonyl (C=O) groups is 1. The first kappa shape index (κ1) is 19.4. The summed E-state index contributed by atoms with van der Waals surface area (Å²) in [6.07, 6.45) is -1.15. The van der Waals surface area contributed by atoms with Crippen LogP contribution in [0.2, 0.25) is 0 Å². The molecule has 154 valence electrons. The third-order valence-corrected chi connectivity index (χ3v) is 5.28. The number of likely N-dealkylation sites (tertiary alicyclic amines) is 1. The summed E-state index contributed by atoms with van der Waals surface area (Å²) in [6, 6.07) is 7.70. The molecule has 0 bridgehead atoms. The Morgan fingerprint density at radius 2 is 1.83 bits per heavy atom. The Hall–Kier alpha value is -2.91. The Bertz CT molecular complexity index is 900. The molecule has 7 nitrogen and oxygen atoms in total. The van der Waals surface area contributed by atoms with E-state index in [1.165, 1.54) is 5.56 Å². The molecule has 2 aliphatic rings. The molecule has 0 aliphatic carbocycles. The summed E-state index contributed by atoms with van der Waals surface area (Å²) < 4.78 is 45.3. The van der Waals surface area contributed by atoms with Crippen LogP contribution in [0, 0.1) is 0 Å². The van der Waals surface area contributed by atoms with Gasteiger partial charge in [0.05, 0.1) is 0 Å². The first-order valence-electron chi connectivity index (χ1n) is 9.46. The number of halogens is 3. The van der Waals surface area contributed by atoms with E-state index < -0.39 is 12.0 Å². The van der Waals surface area contributed by atoms with Crippen molar-refractivity contribution in [3.05, 3.63) is 41.5 Å². The molecule has 2 aromatic rings. The number of hydrogen-bond donors (Lipinski definition) is 0. The SMILES string of the molecule is O=CCOc1ccc(C2CCN(C3=Nn4c(nnc4C(F)(F)F)CC3)CC2)cc1. The van der Waals surface area contributed by atoms with Crippen LogP contribution in [0.5, 0.6) is 5.75 Å². The van der Waals surface area contributed by atoms with Crippen LogP contribution >= 0.6 is 0 Å². The van der Waals surface area contributed by atoms with Gasteiger partial charge in [0.15, 0.2) is 12.1 Å². The molecule has 4 rings (SSSR count). The van der Waals surface area contributed by atoms with Gasteiger partial charge in [0.2, 0.25) is 0 Å². The zero-order valence-corrected chi connectivity index (χ0v) is 15.6. The van der Waals surface area contributed by atoms with Gasteiger partial charge in [-0.05, 0) is 36.5 Å². The lowest BCUT2D eigenvalue weighted by Gasteiger charge is -2.35. The maximum absolute atomic E-state index is 13.1. The molecule has 0 amide bonds. The first-order valence-corrected chi connectivity index (χ1v) is 9.46. The highest BCUT2D eigenvalue weighted by atomic mass is 19.4. The minimum atomic E-state index is -4.58. The van der Waals surface area contributed by atoms with Gasteiger partial charge < -0.3 is 9.64 Å². The van der Waals surface area contributed by atoms with Crippen LogP contribution in [0.4, 0.5) is 13.2 Å². The van der Waals surface area contributed by atoms with Gasteiger partial charge in [-0.25, -0.2) is 0 Å². The van der Waals surface area contributed by atoms with Gasteiger partial charge in [0.25, 0.3) is 5.82 Å². The number of nitrogens with zero attached hydrogens (tertiary/aromatic N) is 5.